The fourth-order valence-corrected chi connectivity index (χ4v) is 1.43. The van der Waals surface area contributed by atoms with Crippen LogP contribution in [0.2, 0.25) is 0 Å². The van der Waals surface area contributed by atoms with Crippen LogP contribution in [0.3, 0.4) is 0 Å². The van der Waals surface area contributed by atoms with E-state index in [2.05, 4.69) is 0 Å². The average Bonchev–Trinajstić information content (AvgIpc) is 2.27. The maximum atomic E-state index is 11.0. The molecule has 0 aliphatic rings. The van der Waals surface area contributed by atoms with Crippen molar-refractivity contribution in [2.24, 2.45) is 17.4 Å². The summed E-state index contributed by atoms with van der Waals surface area (Å²) in [4.78, 5) is 11.0. The van der Waals surface area contributed by atoms with Gasteiger partial charge in [-0.2, -0.15) is 0 Å². The van der Waals surface area contributed by atoms with Gasteiger partial charge >= 0.3 is 0 Å². The molecule has 5 heteroatoms. The van der Waals surface area contributed by atoms with E-state index in [4.69, 9.17) is 16.2 Å². The van der Waals surface area contributed by atoms with E-state index in [-0.39, 0.29) is 12.3 Å². The van der Waals surface area contributed by atoms with Crippen LogP contribution in [-0.4, -0.2) is 24.7 Å². The van der Waals surface area contributed by atoms with E-state index < -0.39 is 11.8 Å². The molecule has 1 rings (SSSR count). The van der Waals surface area contributed by atoms with Crippen LogP contribution in [0.1, 0.15) is 5.56 Å². The number of nitrogens with two attached hydrogens (primary N) is 2. The third kappa shape index (κ3) is 2.87. The van der Waals surface area contributed by atoms with Crippen molar-refractivity contribution in [2.75, 3.05) is 13.7 Å². The van der Waals surface area contributed by atoms with E-state index in [0.717, 1.165) is 5.56 Å². The standard InChI is InChI=1S/C11H16N2O3/c1-16-10-5-7(2-3-9(10)14)4-8(6-12)11(13)15/h2-3,5,8,14H,4,6,12H2,1H3,(H2,13,15). The van der Waals surface area contributed by atoms with Crippen molar-refractivity contribution in [1.82, 2.24) is 0 Å². The molecule has 0 aliphatic heterocycles. The molecule has 1 aromatic rings. The lowest BCUT2D eigenvalue weighted by atomic mass is 9.98. The van der Waals surface area contributed by atoms with Gasteiger partial charge in [0.05, 0.1) is 13.0 Å². The normalized spacial score (nSPS) is 12.1. The Morgan fingerprint density at radius 1 is 1.56 bits per heavy atom. The van der Waals surface area contributed by atoms with Crippen LogP contribution >= 0.6 is 0 Å². The number of benzene rings is 1. The van der Waals surface area contributed by atoms with Gasteiger partial charge in [0.15, 0.2) is 11.5 Å². The molecule has 1 atom stereocenters. The van der Waals surface area contributed by atoms with Gasteiger partial charge in [-0.25, -0.2) is 0 Å². The summed E-state index contributed by atoms with van der Waals surface area (Å²) in [5.74, 6) is -0.379. The third-order valence-corrected chi connectivity index (χ3v) is 2.41. The van der Waals surface area contributed by atoms with Crippen molar-refractivity contribution < 1.29 is 14.6 Å². The highest BCUT2D eigenvalue weighted by Gasteiger charge is 2.14. The Balaban J connectivity index is 2.84. The van der Waals surface area contributed by atoms with Gasteiger partial charge < -0.3 is 21.3 Å². The second kappa shape index (κ2) is 5.37. The Bertz CT molecular complexity index is 379. The number of methoxy groups -OCH3 is 1. The molecular formula is C11H16N2O3. The van der Waals surface area contributed by atoms with Crippen molar-refractivity contribution in [3.63, 3.8) is 0 Å². The molecule has 5 N–H and O–H groups in total. The van der Waals surface area contributed by atoms with Crippen molar-refractivity contribution >= 4 is 5.91 Å². The Labute approximate surface area is 94.0 Å². The number of hydrogen-bond donors (Lipinski definition) is 3. The fourth-order valence-electron chi connectivity index (χ4n) is 1.43. The largest absolute Gasteiger partial charge is 0.504 e. The molecule has 0 fully saturated rings. The summed E-state index contributed by atoms with van der Waals surface area (Å²) >= 11 is 0. The molecule has 0 saturated carbocycles. The lowest BCUT2D eigenvalue weighted by molar-refractivity contribution is -0.121. The van der Waals surface area contributed by atoms with Crippen molar-refractivity contribution in [2.45, 2.75) is 6.42 Å². The summed E-state index contributed by atoms with van der Waals surface area (Å²) < 4.78 is 4.96. The average molecular weight is 224 g/mol. The van der Waals surface area contributed by atoms with Crippen LogP contribution < -0.4 is 16.2 Å². The van der Waals surface area contributed by atoms with Crippen LogP contribution in [0.15, 0.2) is 18.2 Å². The minimum Gasteiger partial charge on any atom is -0.504 e. The number of aromatic hydroxyl groups is 1. The quantitative estimate of drug-likeness (QED) is 0.655. The molecule has 1 aromatic carbocycles. The first-order chi connectivity index (χ1) is 7.58. The molecular weight excluding hydrogens is 208 g/mol. The minimum atomic E-state index is -0.422. The number of phenols is 1. The van der Waals surface area contributed by atoms with Crippen LogP contribution in [-0.2, 0) is 11.2 Å². The number of carbonyl (C=O) groups excluding carboxylic acids is 1. The van der Waals surface area contributed by atoms with Gasteiger partial charge in [-0.3, -0.25) is 4.79 Å². The summed E-state index contributed by atoms with van der Waals surface area (Å²) in [5.41, 5.74) is 11.5. The second-order valence-electron chi connectivity index (χ2n) is 3.55. The Kier molecular flexibility index (Phi) is 4.13. The second-order valence-corrected chi connectivity index (χ2v) is 3.55. The number of amides is 1. The van der Waals surface area contributed by atoms with E-state index >= 15 is 0 Å². The predicted octanol–water partition coefficient (Wildman–Crippen LogP) is 0.00350. The van der Waals surface area contributed by atoms with Crippen LogP contribution in [0, 0.1) is 5.92 Å². The fraction of sp³-hybridized carbons (Fsp3) is 0.364. The SMILES string of the molecule is COc1cc(CC(CN)C(N)=O)ccc1O. The molecule has 1 amide bonds. The van der Waals surface area contributed by atoms with Crippen LogP contribution in [0.25, 0.3) is 0 Å². The highest BCUT2D eigenvalue weighted by Crippen LogP contribution is 2.27. The summed E-state index contributed by atoms with van der Waals surface area (Å²) in [6, 6.07) is 4.90. The van der Waals surface area contributed by atoms with Gasteiger partial charge in [-0.05, 0) is 24.1 Å². The number of ether oxygens (including phenoxy) is 1. The summed E-state index contributed by atoms with van der Waals surface area (Å²) in [6.45, 7) is 0.207. The summed E-state index contributed by atoms with van der Waals surface area (Å²) in [7, 11) is 1.47. The molecule has 5 nitrogen and oxygen atoms in total. The first-order valence-corrected chi connectivity index (χ1v) is 4.93. The van der Waals surface area contributed by atoms with Crippen molar-refractivity contribution in [1.29, 1.82) is 0 Å². The van der Waals surface area contributed by atoms with Gasteiger partial charge in [0, 0.05) is 6.54 Å². The summed E-state index contributed by atoms with van der Waals surface area (Å²) in [5, 5.41) is 9.39. The Morgan fingerprint density at radius 2 is 2.25 bits per heavy atom. The molecule has 0 spiro atoms. The highest BCUT2D eigenvalue weighted by molar-refractivity contribution is 5.77. The van der Waals surface area contributed by atoms with Crippen molar-refractivity contribution in [3.8, 4) is 11.5 Å². The molecule has 0 aromatic heterocycles. The lowest BCUT2D eigenvalue weighted by Crippen LogP contribution is -2.31. The molecule has 1 unspecified atom stereocenters. The zero-order valence-electron chi connectivity index (χ0n) is 9.14. The van der Waals surface area contributed by atoms with Crippen LogP contribution in [0.5, 0.6) is 11.5 Å². The van der Waals surface area contributed by atoms with E-state index in [1.165, 1.54) is 13.2 Å². The maximum absolute atomic E-state index is 11.0. The molecule has 0 bridgehead atoms. The zero-order chi connectivity index (χ0) is 12.1. The number of carbonyl (C=O) groups is 1. The first kappa shape index (κ1) is 12.3. The lowest BCUT2D eigenvalue weighted by Gasteiger charge is -2.12. The zero-order valence-corrected chi connectivity index (χ0v) is 9.14. The van der Waals surface area contributed by atoms with Crippen LogP contribution in [0.4, 0.5) is 0 Å². The topological polar surface area (TPSA) is 98.6 Å². The molecule has 0 aliphatic carbocycles. The molecule has 0 radical (unpaired) electrons. The molecule has 16 heavy (non-hydrogen) atoms. The summed E-state index contributed by atoms with van der Waals surface area (Å²) in [6.07, 6.45) is 0.447. The Hall–Kier alpha value is -1.75. The van der Waals surface area contributed by atoms with E-state index in [0.29, 0.717) is 12.2 Å². The number of rotatable bonds is 5. The smallest absolute Gasteiger partial charge is 0.222 e. The van der Waals surface area contributed by atoms with Gasteiger partial charge in [0.25, 0.3) is 0 Å². The van der Waals surface area contributed by atoms with E-state index in [1.54, 1.807) is 12.1 Å². The molecule has 88 valence electrons. The van der Waals surface area contributed by atoms with Gasteiger partial charge in [-0.1, -0.05) is 6.07 Å². The number of primary amides is 1. The minimum absolute atomic E-state index is 0.0645. The van der Waals surface area contributed by atoms with E-state index in [1.807, 2.05) is 0 Å². The maximum Gasteiger partial charge on any atom is 0.222 e. The van der Waals surface area contributed by atoms with Gasteiger partial charge in [0.2, 0.25) is 5.91 Å². The predicted molar refractivity (Wildman–Crippen MR) is 60.1 cm³/mol. The first-order valence-electron chi connectivity index (χ1n) is 4.93. The van der Waals surface area contributed by atoms with Crippen molar-refractivity contribution in [3.05, 3.63) is 23.8 Å². The van der Waals surface area contributed by atoms with Gasteiger partial charge in [-0.15, -0.1) is 0 Å². The monoisotopic (exact) mass is 224 g/mol. The van der Waals surface area contributed by atoms with E-state index in [9.17, 15) is 9.90 Å². The number of phenolic OH excluding ortho intramolecular Hbond substituents is 1. The Morgan fingerprint density at radius 3 is 2.75 bits per heavy atom. The third-order valence-electron chi connectivity index (χ3n) is 2.41. The molecule has 0 saturated heterocycles. The molecule has 0 heterocycles. The highest BCUT2D eigenvalue weighted by atomic mass is 16.5. The van der Waals surface area contributed by atoms with Gasteiger partial charge in [0.1, 0.15) is 0 Å². The number of hydrogen-bond acceptors (Lipinski definition) is 4.